The molecule has 0 bridgehead atoms. The molecule has 0 aromatic rings. The summed E-state index contributed by atoms with van der Waals surface area (Å²) in [5, 5.41) is 0. The Kier molecular flexibility index (Phi) is 65.0. The molecule has 2 atom stereocenters. The van der Waals surface area contributed by atoms with E-state index in [0.717, 1.165) is 77.0 Å². The number of rotatable bonds is 66. The van der Waals surface area contributed by atoms with Gasteiger partial charge in [0.05, 0.1) is 27.7 Å². The monoisotopic (exact) mass is 1250 g/mol. The third-order valence-corrected chi connectivity index (χ3v) is 16.4. The van der Waals surface area contributed by atoms with Crippen LogP contribution in [0.15, 0.2) is 122 Å². The molecule has 0 heterocycles. The largest absolute Gasteiger partial charge is 0.756 e. The smallest absolute Gasteiger partial charge is 0.306 e. The zero-order chi connectivity index (χ0) is 64.1. The minimum atomic E-state index is -4.66. The molecule has 0 saturated heterocycles. The van der Waals surface area contributed by atoms with Crippen LogP contribution in [-0.2, 0) is 32.7 Å². The maximum atomic E-state index is 12.8. The highest BCUT2D eigenvalue weighted by atomic mass is 31.2. The molecule has 0 aromatic carbocycles. The minimum absolute atomic E-state index is 0.0463. The van der Waals surface area contributed by atoms with Crippen LogP contribution in [0.25, 0.3) is 0 Å². The van der Waals surface area contributed by atoms with Gasteiger partial charge in [-0.25, -0.2) is 0 Å². The molecule has 0 rings (SSSR count). The molecule has 0 spiro atoms. The Hall–Kier alpha value is -3.59. The predicted molar refractivity (Wildman–Crippen MR) is 378 cm³/mol. The Morgan fingerprint density at radius 2 is 0.659 bits per heavy atom. The van der Waals surface area contributed by atoms with Crippen molar-refractivity contribution in [3.05, 3.63) is 122 Å². The maximum Gasteiger partial charge on any atom is 0.306 e. The molecule has 506 valence electrons. The topological polar surface area (TPSA) is 111 Å². The van der Waals surface area contributed by atoms with Crippen molar-refractivity contribution in [2.75, 3.05) is 47.5 Å². The van der Waals surface area contributed by atoms with Crippen LogP contribution in [0, 0.1) is 0 Å². The molecule has 0 aliphatic heterocycles. The first-order valence-corrected chi connectivity index (χ1v) is 37.7. The number of ether oxygens (including phenoxy) is 2. The number of nitrogens with zero attached hydrogens (tertiary/aromatic N) is 1. The van der Waals surface area contributed by atoms with Crippen LogP contribution < -0.4 is 4.89 Å². The number of unbranched alkanes of at least 4 members (excludes halogenated alkanes) is 32. The molecule has 0 aliphatic carbocycles. The van der Waals surface area contributed by atoms with Gasteiger partial charge in [-0.1, -0.05) is 315 Å². The van der Waals surface area contributed by atoms with Gasteiger partial charge in [0.1, 0.15) is 19.8 Å². The number of carbonyl (C=O) groups is 2. The van der Waals surface area contributed by atoms with Crippen molar-refractivity contribution in [2.24, 2.45) is 0 Å². The Bertz CT molecular complexity index is 1900. The van der Waals surface area contributed by atoms with Crippen molar-refractivity contribution in [3.63, 3.8) is 0 Å². The first-order chi connectivity index (χ1) is 43.0. The zero-order valence-corrected chi connectivity index (χ0v) is 58.5. The molecule has 0 radical (unpaired) electrons. The number of phosphoric acid groups is 1. The van der Waals surface area contributed by atoms with Gasteiger partial charge >= 0.3 is 11.9 Å². The summed E-state index contributed by atoms with van der Waals surface area (Å²) in [5.74, 6) is -0.900. The lowest BCUT2D eigenvalue weighted by Gasteiger charge is -2.28. The molecular formula is C78H136NO8P. The lowest BCUT2D eigenvalue weighted by Crippen LogP contribution is -2.37. The number of quaternary nitrogens is 1. The average molecular weight is 1250 g/mol. The first kappa shape index (κ1) is 84.4. The van der Waals surface area contributed by atoms with Gasteiger partial charge in [0.25, 0.3) is 7.82 Å². The molecule has 0 aliphatic rings. The van der Waals surface area contributed by atoms with E-state index in [1.165, 1.54) is 193 Å². The van der Waals surface area contributed by atoms with Crippen LogP contribution in [-0.4, -0.2) is 70.0 Å². The van der Waals surface area contributed by atoms with Gasteiger partial charge in [-0.05, 0) is 103 Å². The van der Waals surface area contributed by atoms with Crippen LogP contribution in [0.3, 0.4) is 0 Å². The van der Waals surface area contributed by atoms with Crippen molar-refractivity contribution in [3.8, 4) is 0 Å². The van der Waals surface area contributed by atoms with E-state index in [-0.39, 0.29) is 26.1 Å². The lowest BCUT2D eigenvalue weighted by molar-refractivity contribution is -0.870. The molecule has 0 saturated carbocycles. The zero-order valence-electron chi connectivity index (χ0n) is 57.6. The molecule has 0 amide bonds. The molecule has 9 nitrogen and oxygen atoms in total. The number of carbonyl (C=O) groups excluding carboxylic acids is 2. The summed E-state index contributed by atoms with van der Waals surface area (Å²) in [5.41, 5.74) is 0. The van der Waals surface area contributed by atoms with E-state index >= 15 is 0 Å². The fourth-order valence-corrected chi connectivity index (χ4v) is 10.7. The third-order valence-electron chi connectivity index (χ3n) is 15.5. The fraction of sp³-hybridized carbons (Fsp3) is 0.718. The summed E-state index contributed by atoms with van der Waals surface area (Å²) in [6.07, 6.45) is 97.5. The minimum Gasteiger partial charge on any atom is -0.756 e. The molecule has 0 aromatic heterocycles. The first-order valence-electron chi connectivity index (χ1n) is 36.2. The summed E-state index contributed by atoms with van der Waals surface area (Å²) >= 11 is 0. The third kappa shape index (κ3) is 71.5. The summed E-state index contributed by atoms with van der Waals surface area (Å²) in [7, 11) is 1.12. The van der Waals surface area contributed by atoms with Crippen molar-refractivity contribution in [2.45, 2.75) is 315 Å². The predicted octanol–water partition coefficient (Wildman–Crippen LogP) is 23.2. The molecule has 88 heavy (non-hydrogen) atoms. The number of esters is 2. The van der Waals surface area contributed by atoms with Gasteiger partial charge in [-0.3, -0.25) is 14.2 Å². The Balaban J connectivity index is 3.99. The fourth-order valence-electron chi connectivity index (χ4n) is 9.95. The Labute approximate surface area is 543 Å². The van der Waals surface area contributed by atoms with E-state index in [4.69, 9.17) is 18.5 Å². The van der Waals surface area contributed by atoms with Crippen molar-refractivity contribution in [1.29, 1.82) is 0 Å². The lowest BCUT2D eigenvalue weighted by atomic mass is 10.0. The van der Waals surface area contributed by atoms with Gasteiger partial charge in [-0.2, -0.15) is 0 Å². The number of likely N-dealkylation sites (N-methyl/N-ethyl adjacent to an activating group) is 1. The van der Waals surface area contributed by atoms with Gasteiger partial charge in [0, 0.05) is 12.8 Å². The molecule has 0 fully saturated rings. The molecule has 2 unspecified atom stereocenters. The van der Waals surface area contributed by atoms with Crippen LogP contribution >= 0.6 is 7.82 Å². The Morgan fingerprint density at radius 3 is 1.00 bits per heavy atom. The van der Waals surface area contributed by atoms with Crippen LogP contribution in [0.4, 0.5) is 0 Å². The summed E-state index contributed by atoms with van der Waals surface area (Å²) in [6.45, 7) is 4.06. The van der Waals surface area contributed by atoms with Gasteiger partial charge in [0.2, 0.25) is 0 Å². The molecule has 0 N–H and O–H groups in total. The van der Waals surface area contributed by atoms with Crippen molar-refractivity contribution >= 4 is 19.8 Å². The molecule has 10 heteroatoms. The highest BCUT2D eigenvalue weighted by Crippen LogP contribution is 2.38. The van der Waals surface area contributed by atoms with E-state index in [9.17, 15) is 19.0 Å². The quantitative estimate of drug-likeness (QED) is 0.0195. The molecular weight excluding hydrogens is 1110 g/mol. The average Bonchev–Trinajstić information content (AvgIpc) is 3.68. The van der Waals surface area contributed by atoms with Crippen LogP contribution in [0.5, 0.6) is 0 Å². The number of hydrogen-bond donors (Lipinski definition) is 0. The van der Waals surface area contributed by atoms with Gasteiger partial charge < -0.3 is 27.9 Å². The van der Waals surface area contributed by atoms with E-state index in [2.05, 4.69) is 129 Å². The number of allylic oxidation sites excluding steroid dienone is 20. The highest BCUT2D eigenvalue weighted by molar-refractivity contribution is 7.45. The van der Waals surface area contributed by atoms with Crippen molar-refractivity contribution in [1.82, 2.24) is 0 Å². The van der Waals surface area contributed by atoms with E-state index < -0.39 is 32.5 Å². The number of phosphoric ester groups is 1. The van der Waals surface area contributed by atoms with Gasteiger partial charge in [0.15, 0.2) is 6.10 Å². The second kappa shape index (κ2) is 67.8. The summed E-state index contributed by atoms with van der Waals surface area (Å²) in [4.78, 5) is 38.0. The second-order valence-corrected chi connectivity index (χ2v) is 26.6. The van der Waals surface area contributed by atoms with Crippen molar-refractivity contribution < 1.29 is 42.1 Å². The standard InChI is InChI=1S/C78H136NO8P/c1-6-8-10-12-14-16-18-20-22-24-26-28-30-31-32-33-34-35-36-37-38-39-40-41-42-43-44-45-46-47-49-50-52-54-56-58-60-62-64-66-68-70-77(80)84-74-76(75-86-88(82,83)85-73-72-79(3,4)5)87-78(81)71-69-67-65-63-61-59-57-55-53-51-48-29-27-25-23-21-19-17-15-13-11-9-7-2/h9,11,15,17-18,20-21,23-24,26-27,29-31,51,53,57,59,63,65,76H,6-8,10,12-14,16,19,22,25,28,32-50,52,54-56,58,60-62,64,66-75H2,1-5H3/b11-9-,17-15-,20-18-,23-21-,26-24-,29-27-,31-30-,53-51-,59-57-,65-63-. The van der Waals surface area contributed by atoms with E-state index in [1.54, 1.807) is 0 Å². The van der Waals surface area contributed by atoms with Crippen LogP contribution in [0.2, 0.25) is 0 Å². The van der Waals surface area contributed by atoms with E-state index in [1.807, 2.05) is 27.2 Å². The SMILES string of the molecule is CC/C=C\C/C=C\C/C=C\C/C=C\C/C=C\C/C=C\C/C=C\CCCC(=O)OC(COC(=O)CCCCCCCCCCCCCCCCCCCCCCCCCCCC/C=C\C/C=C\C/C=C\CCCCCCC)COP(=O)([O-])OCC[N+](C)(C)C. The highest BCUT2D eigenvalue weighted by Gasteiger charge is 2.22. The Morgan fingerprint density at radius 1 is 0.364 bits per heavy atom. The second-order valence-electron chi connectivity index (χ2n) is 25.2. The number of hydrogen-bond acceptors (Lipinski definition) is 8. The van der Waals surface area contributed by atoms with E-state index in [0.29, 0.717) is 23.9 Å². The van der Waals surface area contributed by atoms with Crippen LogP contribution in [0.1, 0.15) is 309 Å². The van der Waals surface area contributed by atoms with Gasteiger partial charge in [-0.15, -0.1) is 0 Å². The summed E-state index contributed by atoms with van der Waals surface area (Å²) in [6, 6.07) is 0. The normalized spacial score (nSPS) is 13.8. The maximum absolute atomic E-state index is 12.8. The summed E-state index contributed by atoms with van der Waals surface area (Å²) < 4.78 is 34.2.